The van der Waals surface area contributed by atoms with Crippen molar-refractivity contribution in [3.63, 3.8) is 0 Å². The number of anilines is 1. The summed E-state index contributed by atoms with van der Waals surface area (Å²) in [5.41, 5.74) is 5.73. The lowest BCUT2D eigenvalue weighted by Gasteiger charge is -2.54. The second-order valence-corrected chi connectivity index (χ2v) is 11.1. The lowest BCUT2D eigenvalue weighted by atomic mass is 9.54. The van der Waals surface area contributed by atoms with Gasteiger partial charge in [0.1, 0.15) is 9.75 Å². The minimum absolute atomic E-state index is 0.0191. The number of benzene rings is 3. The number of aryl methyl sites for hydroxylation is 2. The van der Waals surface area contributed by atoms with E-state index in [1.165, 1.54) is 4.90 Å². The molecule has 182 valence electrons. The van der Waals surface area contributed by atoms with E-state index in [0.717, 1.165) is 39.1 Å². The molecule has 3 aromatic carbocycles. The first-order valence-corrected chi connectivity index (χ1v) is 12.7. The molecule has 2 atom stereocenters. The van der Waals surface area contributed by atoms with Crippen LogP contribution in [-0.4, -0.2) is 29.2 Å². The first-order chi connectivity index (χ1) is 17.2. The number of alkyl halides is 2. The molecule has 1 aliphatic heterocycles. The maximum Gasteiger partial charge on any atom is 0.235 e. The van der Waals surface area contributed by atoms with Crippen molar-refractivity contribution < 1.29 is 14.4 Å². The molecule has 3 aliphatic carbocycles. The molecule has 5 nitrogen and oxygen atoms in total. The number of rotatable bonds is 4. The molecule has 0 saturated carbocycles. The fourth-order valence-corrected chi connectivity index (χ4v) is 7.34. The van der Waals surface area contributed by atoms with E-state index in [0.29, 0.717) is 0 Å². The highest BCUT2D eigenvalue weighted by Gasteiger charge is 2.72. The van der Waals surface area contributed by atoms with Crippen LogP contribution in [0.2, 0.25) is 0 Å². The number of carbonyl (C=O) groups excluding carboxylic acids is 3. The first-order valence-electron chi connectivity index (χ1n) is 12.0. The monoisotopic (exact) mass is 518 g/mol. The van der Waals surface area contributed by atoms with Crippen LogP contribution in [0, 0.1) is 25.7 Å². The Labute approximate surface area is 219 Å². The molecular formula is C29H24Cl2N2O3. The van der Waals surface area contributed by atoms with Gasteiger partial charge in [0.15, 0.2) is 0 Å². The van der Waals surface area contributed by atoms with E-state index in [2.05, 4.69) is 5.32 Å². The molecule has 7 heteroatoms. The Morgan fingerprint density at radius 2 is 1.31 bits per heavy atom. The van der Waals surface area contributed by atoms with E-state index in [1.807, 2.05) is 80.6 Å². The molecule has 36 heavy (non-hydrogen) atoms. The highest BCUT2D eigenvalue weighted by Crippen LogP contribution is 2.69. The van der Waals surface area contributed by atoms with Gasteiger partial charge < -0.3 is 5.32 Å². The second-order valence-electron chi connectivity index (χ2n) is 9.91. The summed E-state index contributed by atoms with van der Waals surface area (Å²) in [6.07, 6.45) is -0.0191. The zero-order valence-corrected chi connectivity index (χ0v) is 21.4. The molecule has 1 heterocycles. The van der Waals surface area contributed by atoms with E-state index in [-0.39, 0.29) is 30.7 Å². The predicted octanol–water partition coefficient (Wildman–Crippen LogP) is 5.23. The molecule has 7 rings (SSSR count). The van der Waals surface area contributed by atoms with E-state index in [1.54, 1.807) is 0 Å². The van der Waals surface area contributed by atoms with Crippen LogP contribution in [-0.2, 0) is 24.1 Å². The Bertz CT molecular complexity index is 1340. The molecule has 3 aromatic rings. The van der Waals surface area contributed by atoms with E-state index < -0.39 is 21.6 Å². The van der Waals surface area contributed by atoms with Crippen molar-refractivity contribution in [2.75, 3.05) is 11.9 Å². The third-order valence-corrected chi connectivity index (χ3v) is 9.19. The molecule has 3 amide bonds. The number of likely N-dealkylation sites (tertiary alicyclic amines) is 1. The number of imide groups is 1. The van der Waals surface area contributed by atoms with Gasteiger partial charge in [0.25, 0.3) is 0 Å². The first kappa shape index (κ1) is 23.3. The van der Waals surface area contributed by atoms with Gasteiger partial charge in [-0.3, -0.25) is 19.3 Å². The van der Waals surface area contributed by atoms with Gasteiger partial charge in [0.2, 0.25) is 17.7 Å². The summed E-state index contributed by atoms with van der Waals surface area (Å²) in [6.45, 7) is 3.83. The molecule has 1 N–H and O–H groups in total. The van der Waals surface area contributed by atoms with Crippen molar-refractivity contribution in [3.05, 3.63) is 100 Å². The number of amides is 3. The molecule has 2 bridgehead atoms. The SMILES string of the molecule is Cc1ccc(C)c(NC(=O)CCN2C(=O)[C@@H]3[C@H](C2=O)C2(Cl)c4ccccc4C3(Cl)c3ccccc32)c1. The normalized spacial score (nSPS) is 27.5. The van der Waals surface area contributed by atoms with E-state index >= 15 is 0 Å². The Morgan fingerprint density at radius 1 is 0.833 bits per heavy atom. The van der Waals surface area contributed by atoms with Gasteiger partial charge in [-0.05, 0) is 53.3 Å². The van der Waals surface area contributed by atoms with Crippen molar-refractivity contribution >= 4 is 46.6 Å². The van der Waals surface area contributed by atoms with Gasteiger partial charge in [0.05, 0.1) is 11.8 Å². The smallest absolute Gasteiger partial charge is 0.235 e. The van der Waals surface area contributed by atoms with Crippen molar-refractivity contribution in [1.29, 1.82) is 0 Å². The highest BCUT2D eigenvalue weighted by atomic mass is 35.5. The molecule has 0 radical (unpaired) electrons. The maximum absolute atomic E-state index is 13.8. The van der Waals surface area contributed by atoms with Gasteiger partial charge in [-0.2, -0.15) is 0 Å². The van der Waals surface area contributed by atoms with Crippen LogP contribution in [0.3, 0.4) is 0 Å². The second kappa shape index (κ2) is 7.92. The maximum atomic E-state index is 13.8. The van der Waals surface area contributed by atoms with Crippen LogP contribution in [0.25, 0.3) is 0 Å². The lowest BCUT2D eigenvalue weighted by molar-refractivity contribution is -0.140. The number of hydrogen-bond donors (Lipinski definition) is 1. The van der Waals surface area contributed by atoms with Crippen molar-refractivity contribution in [2.24, 2.45) is 11.8 Å². The number of halogens is 2. The van der Waals surface area contributed by atoms with Crippen LogP contribution in [0.4, 0.5) is 5.69 Å². The molecule has 0 spiro atoms. The summed E-state index contributed by atoms with van der Waals surface area (Å²) in [4.78, 5) is 39.1. The third kappa shape index (κ3) is 2.93. The quantitative estimate of drug-likeness (QED) is 0.380. The summed E-state index contributed by atoms with van der Waals surface area (Å²) in [5, 5.41) is 2.90. The molecule has 0 unspecified atom stereocenters. The topological polar surface area (TPSA) is 66.5 Å². The van der Waals surface area contributed by atoms with Gasteiger partial charge >= 0.3 is 0 Å². The number of carbonyl (C=O) groups is 3. The van der Waals surface area contributed by atoms with Gasteiger partial charge in [-0.1, -0.05) is 60.7 Å². The third-order valence-electron chi connectivity index (χ3n) is 7.91. The molecular weight excluding hydrogens is 495 g/mol. The predicted molar refractivity (Wildman–Crippen MR) is 139 cm³/mol. The standard InChI is InChI=1S/C29H24Cl2N2O3/c1-16-11-12-17(2)22(15-16)32-23(34)13-14-33-26(35)24-25(27(33)36)29(31)19-8-4-3-7-18(19)28(24,30)20-9-5-6-10-21(20)29/h3-12,15,24-25H,13-14H2,1-2H3,(H,32,34)/t24-,25+,28?,29?. The number of hydrogen-bond acceptors (Lipinski definition) is 3. The van der Waals surface area contributed by atoms with Crippen LogP contribution < -0.4 is 5.32 Å². The molecule has 1 saturated heterocycles. The van der Waals surface area contributed by atoms with E-state index in [4.69, 9.17) is 23.2 Å². The van der Waals surface area contributed by atoms with Crippen LogP contribution in [0.5, 0.6) is 0 Å². The van der Waals surface area contributed by atoms with Crippen LogP contribution in [0.1, 0.15) is 39.8 Å². The Kier molecular flexibility index (Phi) is 5.12. The minimum Gasteiger partial charge on any atom is -0.326 e. The fraction of sp³-hybridized carbons (Fsp3) is 0.276. The summed E-state index contributed by atoms with van der Waals surface area (Å²) < 4.78 is 0. The van der Waals surface area contributed by atoms with Crippen molar-refractivity contribution in [2.45, 2.75) is 30.0 Å². The van der Waals surface area contributed by atoms with Gasteiger partial charge in [-0.15, -0.1) is 23.2 Å². The van der Waals surface area contributed by atoms with Crippen molar-refractivity contribution in [3.8, 4) is 0 Å². The fourth-order valence-electron chi connectivity index (χ4n) is 6.24. The summed E-state index contributed by atoms with van der Waals surface area (Å²) in [7, 11) is 0. The average Bonchev–Trinajstić information content (AvgIpc) is 3.14. The van der Waals surface area contributed by atoms with Gasteiger partial charge in [0, 0.05) is 18.7 Å². The summed E-state index contributed by atoms with van der Waals surface area (Å²) >= 11 is 14.8. The molecule has 0 aromatic heterocycles. The van der Waals surface area contributed by atoms with Crippen LogP contribution in [0.15, 0.2) is 66.7 Å². The summed E-state index contributed by atoms with van der Waals surface area (Å²) in [5.74, 6) is -2.73. The van der Waals surface area contributed by atoms with Crippen molar-refractivity contribution in [1.82, 2.24) is 4.90 Å². The Morgan fingerprint density at radius 3 is 1.78 bits per heavy atom. The molecule has 1 fully saturated rings. The minimum atomic E-state index is -1.21. The lowest BCUT2D eigenvalue weighted by Crippen LogP contribution is -2.57. The number of nitrogens with one attached hydrogen (secondary N) is 1. The Hall–Kier alpha value is -3.15. The van der Waals surface area contributed by atoms with Crippen LogP contribution >= 0.6 is 23.2 Å². The zero-order valence-electron chi connectivity index (χ0n) is 19.8. The highest BCUT2D eigenvalue weighted by molar-refractivity contribution is 6.36. The summed E-state index contributed by atoms with van der Waals surface area (Å²) in [6, 6.07) is 20.9. The largest absolute Gasteiger partial charge is 0.326 e. The van der Waals surface area contributed by atoms with Gasteiger partial charge in [-0.25, -0.2) is 0 Å². The van der Waals surface area contributed by atoms with E-state index in [9.17, 15) is 14.4 Å². The molecule has 4 aliphatic rings. The Balaban J connectivity index is 1.34. The number of nitrogens with zero attached hydrogens (tertiary/aromatic N) is 1. The zero-order chi connectivity index (χ0) is 25.4. The average molecular weight is 519 g/mol.